The number of non-ortho nitro benzene ring substituents is 1. The fourth-order valence-electron chi connectivity index (χ4n) is 3.61. The summed E-state index contributed by atoms with van der Waals surface area (Å²) in [6.45, 7) is 0.457. The van der Waals surface area contributed by atoms with Crippen molar-refractivity contribution in [2.75, 3.05) is 30.4 Å². The van der Waals surface area contributed by atoms with Crippen molar-refractivity contribution in [3.05, 3.63) is 68.3 Å². The Labute approximate surface area is 176 Å². The van der Waals surface area contributed by atoms with Crippen LogP contribution in [0.25, 0.3) is 0 Å². The molecule has 0 radical (unpaired) electrons. The number of ether oxygens (including phenoxy) is 1. The smallest absolute Gasteiger partial charge is 0.340 e. The van der Waals surface area contributed by atoms with Crippen LogP contribution < -0.4 is 10.2 Å². The Bertz CT molecular complexity index is 1030. The highest BCUT2D eigenvalue weighted by atomic mass is 16.6. The number of carbonyl (C=O) groups excluding carboxylic acids is 2. The lowest BCUT2D eigenvalue weighted by Crippen LogP contribution is -2.41. The third-order valence-electron chi connectivity index (χ3n) is 5.04. The summed E-state index contributed by atoms with van der Waals surface area (Å²) in [5.41, 5.74) is -0.918. The minimum absolute atomic E-state index is 0.0836. The monoisotopic (exact) mass is 428 g/mol. The van der Waals surface area contributed by atoms with Crippen molar-refractivity contribution >= 4 is 34.6 Å². The fourth-order valence-corrected chi connectivity index (χ4v) is 3.61. The maximum Gasteiger partial charge on any atom is 0.340 e. The van der Waals surface area contributed by atoms with E-state index in [9.17, 15) is 29.8 Å². The number of anilines is 2. The highest BCUT2D eigenvalue weighted by molar-refractivity contribution is 6.00. The van der Waals surface area contributed by atoms with Gasteiger partial charge in [0.2, 0.25) is 5.91 Å². The fraction of sp³-hybridized carbons (Fsp3) is 0.300. The molecule has 0 bridgehead atoms. The highest BCUT2D eigenvalue weighted by Gasteiger charge is 2.35. The van der Waals surface area contributed by atoms with Gasteiger partial charge < -0.3 is 15.0 Å². The lowest BCUT2D eigenvalue weighted by atomic mass is 9.95. The van der Waals surface area contributed by atoms with Gasteiger partial charge in [-0.05, 0) is 25.0 Å². The standard InChI is InChI=1S/C20H20N4O7/c1-31-20(26)16-10-15(23(27)28)11-17(24(29)30)18(16)22-9-5-6-13(12-22)19(25)21-14-7-3-2-4-8-14/h2-4,7-8,10-11,13H,5-6,9,12H2,1H3,(H,21,25). The zero-order valence-electron chi connectivity index (χ0n) is 16.6. The van der Waals surface area contributed by atoms with Crippen LogP contribution in [0.3, 0.4) is 0 Å². The number of amides is 1. The van der Waals surface area contributed by atoms with Gasteiger partial charge in [0.1, 0.15) is 5.69 Å². The van der Waals surface area contributed by atoms with E-state index in [-0.39, 0.29) is 23.7 Å². The molecule has 1 saturated heterocycles. The van der Waals surface area contributed by atoms with Crippen molar-refractivity contribution in [1.82, 2.24) is 0 Å². The highest BCUT2D eigenvalue weighted by Crippen LogP contribution is 2.38. The first kappa shape index (κ1) is 21.7. The molecule has 1 aliphatic heterocycles. The number of nitro groups is 2. The molecule has 1 N–H and O–H groups in total. The molecule has 31 heavy (non-hydrogen) atoms. The summed E-state index contributed by atoms with van der Waals surface area (Å²) >= 11 is 0. The number of hydrogen-bond donors (Lipinski definition) is 1. The summed E-state index contributed by atoms with van der Waals surface area (Å²) in [6, 6.07) is 10.7. The van der Waals surface area contributed by atoms with Crippen LogP contribution in [0.2, 0.25) is 0 Å². The van der Waals surface area contributed by atoms with Crippen molar-refractivity contribution in [1.29, 1.82) is 0 Å². The van der Waals surface area contributed by atoms with Gasteiger partial charge in [-0.3, -0.25) is 25.0 Å². The number of benzene rings is 2. The summed E-state index contributed by atoms with van der Waals surface area (Å²) < 4.78 is 4.70. The number of rotatable bonds is 6. The maximum atomic E-state index is 12.7. The average Bonchev–Trinajstić information content (AvgIpc) is 2.78. The van der Waals surface area contributed by atoms with Crippen molar-refractivity contribution in [2.24, 2.45) is 5.92 Å². The van der Waals surface area contributed by atoms with Crippen LogP contribution in [0.5, 0.6) is 0 Å². The van der Waals surface area contributed by atoms with Crippen molar-refractivity contribution in [3.63, 3.8) is 0 Å². The molecule has 11 nitrogen and oxygen atoms in total. The van der Waals surface area contributed by atoms with Gasteiger partial charge in [0.25, 0.3) is 11.4 Å². The summed E-state index contributed by atoms with van der Waals surface area (Å²) in [5, 5.41) is 25.7. The van der Waals surface area contributed by atoms with Gasteiger partial charge in [0.05, 0.1) is 34.5 Å². The van der Waals surface area contributed by atoms with Gasteiger partial charge in [0.15, 0.2) is 0 Å². The Morgan fingerprint density at radius 3 is 2.45 bits per heavy atom. The molecule has 2 aromatic rings. The number of methoxy groups -OCH3 is 1. The second-order valence-electron chi connectivity index (χ2n) is 7.01. The molecular weight excluding hydrogens is 408 g/mol. The number of nitrogens with one attached hydrogen (secondary N) is 1. The molecule has 11 heteroatoms. The first-order valence-electron chi connectivity index (χ1n) is 9.47. The molecule has 1 aliphatic rings. The number of hydrogen-bond acceptors (Lipinski definition) is 8. The molecule has 0 saturated carbocycles. The van der Waals surface area contributed by atoms with E-state index in [0.717, 1.165) is 19.2 Å². The molecule has 162 valence electrons. The summed E-state index contributed by atoms with van der Waals surface area (Å²) in [6.07, 6.45) is 1.10. The SMILES string of the molecule is COC(=O)c1cc([N+](=O)[O-])cc([N+](=O)[O-])c1N1CCCC(C(=O)Nc2ccccc2)C1. The normalized spacial score (nSPS) is 15.8. The lowest BCUT2D eigenvalue weighted by Gasteiger charge is -2.34. The van der Waals surface area contributed by atoms with Crippen LogP contribution in [0.1, 0.15) is 23.2 Å². The van der Waals surface area contributed by atoms with Crippen LogP contribution in [0.4, 0.5) is 22.7 Å². The van der Waals surface area contributed by atoms with E-state index in [1.165, 1.54) is 0 Å². The Morgan fingerprint density at radius 2 is 1.84 bits per heavy atom. The largest absolute Gasteiger partial charge is 0.465 e. The van der Waals surface area contributed by atoms with Crippen LogP contribution in [-0.2, 0) is 9.53 Å². The number of nitrogens with zero attached hydrogens (tertiary/aromatic N) is 3. The van der Waals surface area contributed by atoms with E-state index < -0.39 is 33.1 Å². The minimum Gasteiger partial charge on any atom is -0.465 e. The predicted molar refractivity (Wildman–Crippen MR) is 111 cm³/mol. The average molecular weight is 428 g/mol. The van der Waals surface area contributed by atoms with E-state index >= 15 is 0 Å². The summed E-state index contributed by atoms with van der Waals surface area (Å²) in [4.78, 5) is 47.9. The molecule has 0 aromatic heterocycles. The quantitative estimate of drug-likeness (QED) is 0.419. The third kappa shape index (κ3) is 4.77. The topological polar surface area (TPSA) is 145 Å². The van der Waals surface area contributed by atoms with Gasteiger partial charge in [-0.2, -0.15) is 0 Å². The van der Waals surface area contributed by atoms with E-state index in [2.05, 4.69) is 5.32 Å². The second kappa shape index (κ2) is 9.20. The Hall–Kier alpha value is -4.02. The zero-order valence-corrected chi connectivity index (χ0v) is 16.6. The molecule has 3 rings (SSSR count). The van der Waals surface area contributed by atoms with Crippen LogP contribution >= 0.6 is 0 Å². The van der Waals surface area contributed by atoms with E-state index in [4.69, 9.17) is 4.74 Å². The molecule has 0 spiro atoms. The molecule has 1 fully saturated rings. The number of para-hydroxylation sites is 1. The van der Waals surface area contributed by atoms with Crippen LogP contribution in [0, 0.1) is 26.1 Å². The number of esters is 1. The lowest BCUT2D eigenvalue weighted by molar-refractivity contribution is -0.393. The molecule has 2 aromatic carbocycles. The Kier molecular flexibility index (Phi) is 6.43. The van der Waals surface area contributed by atoms with E-state index in [1.54, 1.807) is 29.2 Å². The molecule has 1 atom stereocenters. The summed E-state index contributed by atoms with van der Waals surface area (Å²) in [7, 11) is 1.09. The number of piperidine rings is 1. The first-order valence-corrected chi connectivity index (χ1v) is 9.47. The summed E-state index contributed by atoms with van der Waals surface area (Å²) in [5.74, 6) is -1.67. The minimum atomic E-state index is -0.933. The van der Waals surface area contributed by atoms with E-state index in [0.29, 0.717) is 25.1 Å². The van der Waals surface area contributed by atoms with Gasteiger partial charge >= 0.3 is 5.97 Å². The van der Waals surface area contributed by atoms with Crippen LogP contribution in [0.15, 0.2) is 42.5 Å². The number of carbonyl (C=O) groups is 2. The van der Waals surface area contributed by atoms with Gasteiger partial charge in [-0.25, -0.2) is 4.79 Å². The predicted octanol–water partition coefficient (Wildman–Crippen LogP) is 3.14. The Morgan fingerprint density at radius 1 is 1.13 bits per heavy atom. The van der Waals surface area contributed by atoms with Gasteiger partial charge in [-0.15, -0.1) is 0 Å². The van der Waals surface area contributed by atoms with Crippen molar-refractivity contribution < 1.29 is 24.2 Å². The second-order valence-corrected chi connectivity index (χ2v) is 7.01. The molecule has 1 amide bonds. The maximum absolute atomic E-state index is 12.7. The number of nitro benzene ring substituents is 2. The van der Waals surface area contributed by atoms with Crippen LogP contribution in [-0.4, -0.2) is 41.9 Å². The van der Waals surface area contributed by atoms with E-state index in [1.807, 2.05) is 6.07 Å². The Balaban J connectivity index is 1.96. The van der Waals surface area contributed by atoms with Gasteiger partial charge in [-0.1, -0.05) is 18.2 Å². The van der Waals surface area contributed by atoms with Crippen molar-refractivity contribution in [3.8, 4) is 0 Å². The molecule has 1 unspecified atom stereocenters. The van der Waals surface area contributed by atoms with Crippen molar-refractivity contribution in [2.45, 2.75) is 12.8 Å². The molecule has 0 aliphatic carbocycles. The molecule has 1 heterocycles. The molecular formula is C20H20N4O7. The first-order chi connectivity index (χ1) is 14.8. The van der Waals surface area contributed by atoms with Gasteiger partial charge in [0, 0.05) is 24.8 Å². The third-order valence-corrected chi connectivity index (χ3v) is 5.04. The zero-order chi connectivity index (χ0) is 22.5.